The summed E-state index contributed by atoms with van der Waals surface area (Å²) in [6.45, 7) is 9.75. The number of rotatable bonds is 5. The summed E-state index contributed by atoms with van der Waals surface area (Å²) in [7, 11) is 0. The van der Waals surface area contributed by atoms with Crippen molar-refractivity contribution in [1.29, 1.82) is 0 Å². The van der Waals surface area contributed by atoms with Crippen molar-refractivity contribution in [2.75, 3.05) is 31.1 Å². The Morgan fingerprint density at radius 1 is 1.16 bits per heavy atom. The van der Waals surface area contributed by atoms with E-state index in [4.69, 9.17) is 12.6 Å². The lowest BCUT2D eigenvalue weighted by atomic mass is 10.0. The average Bonchev–Trinajstić information content (AvgIpc) is 3.47. The summed E-state index contributed by atoms with van der Waals surface area (Å²) < 4.78 is 0. The molecule has 2 saturated heterocycles. The Labute approximate surface area is 226 Å². The first-order chi connectivity index (χ1) is 17.9. The second-order valence-corrected chi connectivity index (χ2v) is 12.0. The normalized spacial score (nSPS) is 23.2. The van der Waals surface area contributed by atoms with Crippen LogP contribution in [0.2, 0.25) is 0 Å². The van der Waals surface area contributed by atoms with Gasteiger partial charge in [-0.3, -0.25) is 24.7 Å². The number of nitrogens with one attached hydrogen (secondary N) is 1. The van der Waals surface area contributed by atoms with Crippen LogP contribution in [0.3, 0.4) is 0 Å². The van der Waals surface area contributed by atoms with E-state index in [0.29, 0.717) is 25.3 Å². The van der Waals surface area contributed by atoms with Crippen LogP contribution in [-0.4, -0.2) is 63.8 Å². The SMILES string of the molecule is CC(C)c1cc2c(N3CCN(Cc4cccc5c4CN(C4CCC(=O)NC4=O)C5S)CC3)ncnc2s1. The van der Waals surface area contributed by atoms with Crippen LogP contribution in [0.25, 0.3) is 10.2 Å². The van der Waals surface area contributed by atoms with Gasteiger partial charge in [0, 0.05) is 50.6 Å². The maximum absolute atomic E-state index is 12.5. The summed E-state index contributed by atoms with van der Waals surface area (Å²) >= 11 is 6.65. The minimum Gasteiger partial charge on any atom is -0.353 e. The first kappa shape index (κ1) is 24.8. The third-order valence-corrected chi connectivity index (χ3v) is 9.73. The fraction of sp³-hybridized carbons (Fsp3) is 0.481. The van der Waals surface area contributed by atoms with Crippen molar-refractivity contribution in [2.45, 2.75) is 57.1 Å². The molecule has 0 bridgehead atoms. The maximum Gasteiger partial charge on any atom is 0.243 e. The highest BCUT2D eigenvalue weighted by Crippen LogP contribution is 2.41. The number of carbonyl (C=O) groups excluding carboxylic acids is 2. The molecule has 1 aromatic carbocycles. The van der Waals surface area contributed by atoms with Gasteiger partial charge in [-0.05, 0) is 35.1 Å². The number of thiol groups is 1. The monoisotopic (exact) mass is 536 g/mol. The van der Waals surface area contributed by atoms with Gasteiger partial charge in [0.2, 0.25) is 11.8 Å². The molecule has 3 aliphatic rings. The van der Waals surface area contributed by atoms with Crippen molar-refractivity contribution >= 4 is 51.8 Å². The molecule has 6 rings (SSSR count). The standard InChI is InChI=1S/C27H32N6O2S2/c1-16(2)22-12-19-24(28-15-29-26(19)37-22)32-10-8-31(9-11-32)13-17-4-3-5-18-20(17)14-33(27(18)36)21-6-7-23(34)30-25(21)35/h3-5,12,15-16,21,27,36H,6-11,13-14H2,1-2H3,(H,30,34,35). The molecule has 2 aromatic heterocycles. The van der Waals surface area contributed by atoms with Crippen LogP contribution in [0.5, 0.6) is 0 Å². The van der Waals surface area contributed by atoms with Gasteiger partial charge >= 0.3 is 0 Å². The largest absolute Gasteiger partial charge is 0.353 e. The third-order valence-electron chi connectivity index (χ3n) is 7.81. The van der Waals surface area contributed by atoms with Crippen molar-refractivity contribution in [1.82, 2.24) is 25.1 Å². The van der Waals surface area contributed by atoms with Gasteiger partial charge in [0.05, 0.1) is 16.8 Å². The predicted molar refractivity (Wildman–Crippen MR) is 149 cm³/mol. The summed E-state index contributed by atoms with van der Waals surface area (Å²) in [5.41, 5.74) is 3.74. The minimum atomic E-state index is -0.318. The topological polar surface area (TPSA) is 81.7 Å². The minimum absolute atomic E-state index is 0.141. The zero-order valence-electron chi connectivity index (χ0n) is 21.2. The highest BCUT2D eigenvalue weighted by Gasteiger charge is 2.39. The summed E-state index contributed by atoms with van der Waals surface area (Å²) in [4.78, 5) is 42.8. The van der Waals surface area contributed by atoms with Crippen molar-refractivity contribution in [2.24, 2.45) is 0 Å². The number of thiophene rings is 1. The molecule has 194 valence electrons. The van der Waals surface area contributed by atoms with Gasteiger partial charge in [0.1, 0.15) is 17.0 Å². The van der Waals surface area contributed by atoms with E-state index in [1.807, 2.05) is 0 Å². The van der Waals surface area contributed by atoms with Gasteiger partial charge in [-0.1, -0.05) is 32.0 Å². The molecule has 2 atom stereocenters. The third kappa shape index (κ3) is 4.65. The van der Waals surface area contributed by atoms with Crippen LogP contribution < -0.4 is 10.2 Å². The van der Waals surface area contributed by atoms with Crippen molar-refractivity contribution in [3.05, 3.63) is 52.2 Å². The number of anilines is 1. The van der Waals surface area contributed by atoms with E-state index in [-0.39, 0.29) is 23.2 Å². The molecule has 3 aliphatic heterocycles. The Morgan fingerprint density at radius 3 is 2.73 bits per heavy atom. The summed E-state index contributed by atoms with van der Waals surface area (Å²) in [5, 5.41) is 3.52. The Bertz CT molecular complexity index is 1350. The number of benzene rings is 1. The number of amides is 2. The number of fused-ring (bicyclic) bond motifs is 2. The van der Waals surface area contributed by atoms with Gasteiger partial charge in [0.15, 0.2) is 0 Å². The number of nitrogens with zero attached hydrogens (tertiary/aromatic N) is 5. The lowest BCUT2D eigenvalue weighted by molar-refractivity contribution is -0.137. The molecule has 37 heavy (non-hydrogen) atoms. The molecular weight excluding hydrogens is 504 g/mol. The Kier molecular flexibility index (Phi) is 6.68. The first-order valence-corrected chi connectivity index (χ1v) is 14.3. The molecule has 2 unspecified atom stereocenters. The van der Waals surface area contributed by atoms with Crippen LogP contribution in [-0.2, 0) is 22.7 Å². The van der Waals surface area contributed by atoms with Crippen LogP contribution in [0.15, 0.2) is 30.6 Å². The lowest BCUT2D eigenvalue weighted by Crippen LogP contribution is -2.51. The van der Waals surface area contributed by atoms with E-state index >= 15 is 0 Å². The molecule has 0 saturated carbocycles. The Balaban J connectivity index is 1.14. The molecule has 0 spiro atoms. The molecule has 8 nitrogen and oxygen atoms in total. The zero-order chi connectivity index (χ0) is 25.7. The number of hydrogen-bond donors (Lipinski definition) is 2. The number of piperazine rings is 1. The fourth-order valence-electron chi connectivity index (χ4n) is 5.72. The van der Waals surface area contributed by atoms with Crippen LogP contribution in [0.1, 0.15) is 59.5 Å². The Hall–Kier alpha value is -2.53. The number of imide groups is 1. The summed E-state index contributed by atoms with van der Waals surface area (Å²) in [6.07, 6.45) is 2.62. The van der Waals surface area contributed by atoms with Crippen molar-refractivity contribution in [3.63, 3.8) is 0 Å². The molecule has 0 aliphatic carbocycles. The fourth-order valence-corrected chi connectivity index (χ4v) is 7.20. The number of piperidine rings is 1. The van der Waals surface area contributed by atoms with Crippen LogP contribution in [0.4, 0.5) is 5.82 Å². The Morgan fingerprint density at radius 2 is 1.97 bits per heavy atom. The average molecular weight is 537 g/mol. The number of aromatic nitrogens is 2. The molecule has 1 N–H and O–H groups in total. The van der Waals surface area contributed by atoms with Gasteiger partial charge in [-0.15, -0.1) is 11.3 Å². The summed E-state index contributed by atoms with van der Waals surface area (Å²) in [5.74, 6) is 1.15. The van der Waals surface area contributed by atoms with Gasteiger partial charge in [-0.2, -0.15) is 12.6 Å². The second-order valence-electron chi connectivity index (χ2n) is 10.5. The van der Waals surface area contributed by atoms with Crippen molar-refractivity contribution < 1.29 is 9.59 Å². The molecule has 3 aromatic rings. The van der Waals surface area contributed by atoms with E-state index in [1.165, 1.54) is 27.0 Å². The number of carbonyl (C=O) groups is 2. The first-order valence-electron chi connectivity index (χ1n) is 13.0. The van der Waals surface area contributed by atoms with E-state index < -0.39 is 0 Å². The molecule has 0 radical (unpaired) electrons. The second kappa shape index (κ2) is 9.98. The number of hydrogen-bond acceptors (Lipinski definition) is 9. The van der Waals surface area contributed by atoms with Gasteiger partial charge < -0.3 is 4.90 Å². The lowest BCUT2D eigenvalue weighted by Gasteiger charge is -2.36. The molecule has 10 heteroatoms. The van der Waals surface area contributed by atoms with E-state index in [9.17, 15) is 9.59 Å². The van der Waals surface area contributed by atoms with Gasteiger partial charge in [-0.25, -0.2) is 9.97 Å². The van der Waals surface area contributed by atoms with E-state index in [1.54, 1.807) is 17.7 Å². The molecule has 5 heterocycles. The van der Waals surface area contributed by atoms with Crippen LogP contribution in [0, 0.1) is 0 Å². The highest BCUT2D eigenvalue weighted by molar-refractivity contribution is 7.80. The molecular formula is C27H32N6O2S2. The quantitative estimate of drug-likeness (QED) is 0.380. The predicted octanol–water partition coefficient (Wildman–Crippen LogP) is 3.69. The van der Waals surface area contributed by atoms with Gasteiger partial charge in [0.25, 0.3) is 0 Å². The van der Waals surface area contributed by atoms with Crippen LogP contribution >= 0.6 is 24.0 Å². The van der Waals surface area contributed by atoms with Crippen molar-refractivity contribution in [3.8, 4) is 0 Å². The maximum atomic E-state index is 12.5. The molecule has 2 amide bonds. The highest BCUT2D eigenvalue weighted by atomic mass is 32.1. The summed E-state index contributed by atoms with van der Waals surface area (Å²) in [6, 6.07) is 8.37. The smallest absolute Gasteiger partial charge is 0.243 e. The zero-order valence-corrected chi connectivity index (χ0v) is 22.9. The van der Waals surface area contributed by atoms with E-state index in [2.05, 4.69) is 68.1 Å². The van der Waals surface area contributed by atoms with E-state index in [0.717, 1.165) is 43.4 Å². The molecule has 2 fully saturated rings.